The van der Waals surface area contributed by atoms with E-state index in [0.717, 1.165) is 49.7 Å². The van der Waals surface area contributed by atoms with E-state index in [1.807, 2.05) is 19.2 Å². The highest BCUT2D eigenvalue weighted by Gasteiger charge is 2.13. The summed E-state index contributed by atoms with van der Waals surface area (Å²) in [5.41, 5.74) is 2.12. The summed E-state index contributed by atoms with van der Waals surface area (Å²) in [6, 6.07) is 0. The monoisotopic (exact) mass is 331 g/mol. The number of hydrogen-bond donors (Lipinski definition) is 1. The maximum Gasteiger partial charge on any atom is 0.144 e. The molecule has 24 heavy (non-hydrogen) atoms. The molecule has 0 fully saturated rings. The predicted molar refractivity (Wildman–Crippen MR) is 97.8 cm³/mol. The van der Waals surface area contributed by atoms with Crippen molar-refractivity contribution in [1.82, 2.24) is 9.97 Å². The molecule has 0 saturated carbocycles. The summed E-state index contributed by atoms with van der Waals surface area (Å²) < 4.78 is 11.1. The molecule has 2 rings (SSSR count). The zero-order valence-electron chi connectivity index (χ0n) is 15.3. The zero-order chi connectivity index (χ0) is 17.4. The Balaban J connectivity index is 1.87. The molecule has 0 bridgehead atoms. The first-order valence-corrected chi connectivity index (χ1v) is 8.69. The molecule has 1 N–H and O–H groups in total. The zero-order valence-corrected chi connectivity index (χ0v) is 15.3. The average molecular weight is 331 g/mol. The third kappa shape index (κ3) is 6.32. The molecule has 0 radical (unpaired) electrons. The molecule has 0 saturated heterocycles. The van der Waals surface area contributed by atoms with Crippen LogP contribution in [0.1, 0.15) is 52.7 Å². The van der Waals surface area contributed by atoms with E-state index in [-0.39, 0.29) is 5.54 Å². The Morgan fingerprint density at radius 1 is 1.08 bits per heavy atom. The minimum absolute atomic E-state index is 0.0164. The van der Waals surface area contributed by atoms with Gasteiger partial charge in [0.15, 0.2) is 0 Å². The van der Waals surface area contributed by atoms with Crippen LogP contribution in [0, 0.1) is 0 Å². The lowest BCUT2D eigenvalue weighted by molar-refractivity contribution is 0.113. The molecule has 0 amide bonds. The van der Waals surface area contributed by atoms with E-state index >= 15 is 0 Å². The maximum atomic E-state index is 5.78. The van der Waals surface area contributed by atoms with Crippen molar-refractivity contribution < 1.29 is 9.47 Å². The fourth-order valence-corrected chi connectivity index (χ4v) is 2.40. The Hall–Kier alpha value is -1.88. The van der Waals surface area contributed by atoms with E-state index in [1.54, 1.807) is 6.20 Å². The second-order valence-electron chi connectivity index (χ2n) is 6.89. The van der Waals surface area contributed by atoms with E-state index in [1.165, 1.54) is 5.57 Å². The molecule has 1 aliphatic carbocycles. The molecule has 0 unspecified atom stereocenters. The van der Waals surface area contributed by atoms with E-state index < -0.39 is 0 Å². The van der Waals surface area contributed by atoms with Gasteiger partial charge < -0.3 is 14.8 Å². The van der Waals surface area contributed by atoms with Crippen LogP contribution in [0.5, 0.6) is 0 Å². The maximum absolute atomic E-state index is 5.78. The highest BCUT2D eigenvalue weighted by Crippen LogP contribution is 2.26. The van der Waals surface area contributed by atoms with Crippen molar-refractivity contribution in [3.63, 3.8) is 0 Å². The van der Waals surface area contributed by atoms with Gasteiger partial charge in [-0.05, 0) is 45.8 Å². The van der Waals surface area contributed by atoms with Crippen molar-refractivity contribution in [2.75, 3.05) is 25.1 Å². The smallest absolute Gasteiger partial charge is 0.144 e. The standard InChI is InChI=1S/C19H29N3O2/c1-5-23-11-6-12-24-16-9-7-15(8-10-16)17-13-21-18(14-20-17)22-19(2,3)4/h7,9,13-14H,5-6,8,10-12H2,1-4H3,(H,21,22). The number of ether oxygens (including phenoxy) is 2. The van der Waals surface area contributed by atoms with Crippen LogP contribution in [0.3, 0.4) is 0 Å². The Morgan fingerprint density at radius 2 is 1.92 bits per heavy atom. The second kappa shape index (κ2) is 8.83. The molecule has 1 heterocycles. The van der Waals surface area contributed by atoms with Gasteiger partial charge in [-0.2, -0.15) is 0 Å². The van der Waals surface area contributed by atoms with Crippen molar-refractivity contribution in [2.45, 2.75) is 52.5 Å². The summed E-state index contributed by atoms with van der Waals surface area (Å²) >= 11 is 0. The molecule has 0 aromatic carbocycles. The number of rotatable bonds is 8. The van der Waals surface area contributed by atoms with E-state index in [0.29, 0.717) is 6.61 Å². The van der Waals surface area contributed by atoms with Gasteiger partial charge in [0.1, 0.15) is 5.82 Å². The molecular weight excluding hydrogens is 302 g/mol. The topological polar surface area (TPSA) is 56.3 Å². The van der Waals surface area contributed by atoms with Gasteiger partial charge in [-0.3, -0.25) is 4.98 Å². The largest absolute Gasteiger partial charge is 0.498 e. The minimum Gasteiger partial charge on any atom is -0.498 e. The lowest BCUT2D eigenvalue weighted by Crippen LogP contribution is -2.26. The van der Waals surface area contributed by atoms with Gasteiger partial charge in [0.25, 0.3) is 0 Å². The second-order valence-corrected chi connectivity index (χ2v) is 6.89. The first-order chi connectivity index (χ1) is 11.5. The summed E-state index contributed by atoms with van der Waals surface area (Å²) in [6.07, 6.45) is 10.5. The van der Waals surface area contributed by atoms with Gasteiger partial charge in [-0.25, -0.2) is 4.98 Å². The number of allylic oxidation sites excluding steroid dienone is 4. The first-order valence-electron chi connectivity index (χ1n) is 8.69. The lowest BCUT2D eigenvalue weighted by Gasteiger charge is -2.21. The molecule has 1 aromatic heterocycles. The van der Waals surface area contributed by atoms with Crippen LogP contribution >= 0.6 is 0 Å². The Kier molecular flexibility index (Phi) is 6.79. The number of nitrogens with zero attached hydrogens (tertiary/aromatic N) is 2. The van der Waals surface area contributed by atoms with Gasteiger partial charge in [0.05, 0.1) is 30.5 Å². The van der Waals surface area contributed by atoms with Gasteiger partial charge >= 0.3 is 0 Å². The van der Waals surface area contributed by atoms with Gasteiger partial charge in [-0.15, -0.1) is 0 Å². The summed E-state index contributed by atoms with van der Waals surface area (Å²) in [5.74, 6) is 1.84. The van der Waals surface area contributed by atoms with Crippen LogP contribution in [-0.2, 0) is 9.47 Å². The number of hydrogen-bond acceptors (Lipinski definition) is 5. The molecule has 1 aromatic rings. The van der Waals surface area contributed by atoms with Crippen LogP contribution in [0.25, 0.3) is 5.57 Å². The fourth-order valence-electron chi connectivity index (χ4n) is 2.40. The lowest BCUT2D eigenvalue weighted by atomic mass is 10.0. The molecule has 1 aliphatic rings. The van der Waals surface area contributed by atoms with Gasteiger partial charge in [0, 0.05) is 31.6 Å². The van der Waals surface area contributed by atoms with Crippen LogP contribution in [0.2, 0.25) is 0 Å². The third-order valence-electron chi connectivity index (χ3n) is 3.52. The van der Waals surface area contributed by atoms with Crippen LogP contribution < -0.4 is 5.32 Å². The summed E-state index contributed by atoms with van der Waals surface area (Å²) in [4.78, 5) is 8.98. The van der Waals surface area contributed by atoms with Crippen molar-refractivity contribution >= 4 is 11.4 Å². The predicted octanol–water partition coefficient (Wildman–Crippen LogP) is 4.19. The minimum atomic E-state index is -0.0164. The molecule has 0 aliphatic heterocycles. The Labute approximate surface area is 145 Å². The molecule has 0 atom stereocenters. The number of nitrogens with one attached hydrogen (secondary N) is 1. The van der Waals surface area contributed by atoms with E-state index in [9.17, 15) is 0 Å². The number of aromatic nitrogens is 2. The van der Waals surface area contributed by atoms with Crippen LogP contribution in [-0.4, -0.2) is 35.3 Å². The summed E-state index contributed by atoms with van der Waals surface area (Å²) in [7, 11) is 0. The van der Waals surface area contributed by atoms with Crippen molar-refractivity contribution in [3.8, 4) is 0 Å². The van der Waals surface area contributed by atoms with Crippen molar-refractivity contribution in [2.24, 2.45) is 0 Å². The van der Waals surface area contributed by atoms with Crippen molar-refractivity contribution in [3.05, 3.63) is 36.0 Å². The van der Waals surface area contributed by atoms with Crippen LogP contribution in [0.4, 0.5) is 5.82 Å². The van der Waals surface area contributed by atoms with Gasteiger partial charge in [0.2, 0.25) is 0 Å². The quantitative estimate of drug-likeness (QED) is 0.724. The molecule has 132 valence electrons. The van der Waals surface area contributed by atoms with E-state index in [2.05, 4.69) is 42.1 Å². The molecule has 5 nitrogen and oxygen atoms in total. The Bertz CT molecular complexity index is 571. The molecule has 5 heteroatoms. The highest BCUT2D eigenvalue weighted by atomic mass is 16.5. The normalized spacial score (nSPS) is 14.8. The Morgan fingerprint density at radius 3 is 2.50 bits per heavy atom. The summed E-state index contributed by atoms with van der Waals surface area (Å²) in [6.45, 7) is 10.6. The van der Waals surface area contributed by atoms with Crippen LogP contribution in [0.15, 0.2) is 30.3 Å². The summed E-state index contributed by atoms with van der Waals surface area (Å²) in [5, 5.41) is 3.32. The molecule has 0 spiro atoms. The third-order valence-corrected chi connectivity index (χ3v) is 3.52. The molecular formula is C19H29N3O2. The number of anilines is 1. The SMILES string of the molecule is CCOCCCOC1=CC=C(c2cnc(NC(C)(C)C)cn2)CC1. The average Bonchev–Trinajstić information content (AvgIpc) is 2.55. The van der Waals surface area contributed by atoms with Gasteiger partial charge in [-0.1, -0.05) is 6.08 Å². The highest BCUT2D eigenvalue weighted by molar-refractivity contribution is 5.65. The van der Waals surface area contributed by atoms with Crippen molar-refractivity contribution in [1.29, 1.82) is 0 Å². The fraction of sp³-hybridized carbons (Fsp3) is 0.579. The first kappa shape index (κ1) is 18.5. The van der Waals surface area contributed by atoms with E-state index in [4.69, 9.17) is 9.47 Å².